The van der Waals surface area contributed by atoms with E-state index >= 15 is 0 Å². The van der Waals surface area contributed by atoms with Gasteiger partial charge in [-0.15, -0.1) is 0 Å². The van der Waals surface area contributed by atoms with Gasteiger partial charge < -0.3 is 5.11 Å². The summed E-state index contributed by atoms with van der Waals surface area (Å²) in [6.07, 6.45) is 7.39. The molecule has 0 aliphatic heterocycles. The Labute approximate surface area is 178 Å². The van der Waals surface area contributed by atoms with Crippen LogP contribution in [0.15, 0.2) is 42.7 Å². The van der Waals surface area contributed by atoms with Crippen molar-refractivity contribution in [2.24, 2.45) is 0 Å². The summed E-state index contributed by atoms with van der Waals surface area (Å²) in [5.41, 5.74) is 2.74. The van der Waals surface area contributed by atoms with Gasteiger partial charge in [-0.25, -0.2) is 14.5 Å². The van der Waals surface area contributed by atoms with Gasteiger partial charge in [0.25, 0.3) is 0 Å². The third-order valence-corrected chi connectivity index (χ3v) is 5.07. The van der Waals surface area contributed by atoms with Gasteiger partial charge in [-0.05, 0) is 29.2 Å². The summed E-state index contributed by atoms with van der Waals surface area (Å²) in [7, 11) is 0. The minimum absolute atomic E-state index is 0.0941. The Bertz CT molecular complexity index is 1000. The molecule has 0 fully saturated rings. The van der Waals surface area contributed by atoms with E-state index in [1.54, 1.807) is 12.3 Å². The number of hydrogen-bond donors (Lipinski definition) is 1. The Balaban J connectivity index is 1.85. The molecule has 3 rings (SSSR count). The normalized spacial score (nSPS) is 11.6. The van der Waals surface area contributed by atoms with Gasteiger partial charge in [0.05, 0.1) is 12.1 Å². The van der Waals surface area contributed by atoms with Crippen LogP contribution >= 0.6 is 0 Å². The first-order valence-corrected chi connectivity index (χ1v) is 10.5. The zero-order valence-electron chi connectivity index (χ0n) is 18.2. The highest BCUT2D eigenvalue weighted by atomic mass is 16.4. The molecule has 0 amide bonds. The summed E-state index contributed by atoms with van der Waals surface area (Å²) in [6.45, 7) is 9.24. The maximum atomic E-state index is 11.5. The Morgan fingerprint density at radius 1 is 1.10 bits per heavy atom. The SMILES string of the molecule is CCCCCc1nc(C(C)(C)C)nn1Cc1ccc(-c2ccncc2C(=O)O)cc1. The summed E-state index contributed by atoms with van der Waals surface area (Å²) in [5, 5.41) is 14.2. The molecule has 0 saturated carbocycles. The van der Waals surface area contributed by atoms with E-state index in [4.69, 9.17) is 10.1 Å². The van der Waals surface area contributed by atoms with Crippen LogP contribution in [-0.4, -0.2) is 30.8 Å². The first kappa shape index (κ1) is 21.7. The summed E-state index contributed by atoms with van der Waals surface area (Å²) >= 11 is 0. The maximum Gasteiger partial charge on any atom is 0.337 e. The molecule has 6 nitrogen and oxygen atoms in total. The van der Waals surface area contributed by atoms with Crippen LogP contribution in [0.5, 0.6) is 0 Å². The zero-order chi connectivity index (χ0) is 21.7. The van der Waals surface area contributed by atoms with Crippen LogP contribution in [0, 0.1) is 0 Å². The molecule has 0 atom stereocenters. The number of pyridine rings is 1. The van der Waals surface area contributed by atoms with Crippen molar-refractivity contribution in [3.8, 4) is 11.1 Å². The molecule has 0 bridgehead atoms. The van der Waals surface area contributed by atoms with Crippen molar-refractivity contribution in [3.05, 3.63) is 65.5 Å². The number of carboxylic acid groups (broad SMARTS) is 1. The van der Waals surface area contributed by atoms with Crippen molar-refractivity contribution in [2.45, 2.75) is 65.3 Å². The average Bonchev–Trinajstić information content (AvgIpc) is 3.12. The highest BCUT2D eigenvalue weighted by Gasteiger charge is 2.22. The molecule has 30 heavy (non-hydrogen) atoms. The Morgan fingerprint density at radius 3 is 2.47 bits per heavy atom. The topological polar surface area (TPSA) is 80.9 Å². The van der Waals surface area contributed by atoms with Gasteiger partial charge in [-0.1, -0.05) is 64.8 Å². The molecule has 1 aromatic carbocycles. The number of rotatable bonds is 8. The minimum Gasteiger partial charge on any atom is -0.478 e. The van der Waals surface area contributed by atoms with Crippen LogP contribution in [0.4, 0.5) is 0 Å². The number of carbonyl (C=O) groups is 1. The van der Waals surface area contributed by atoms with Gasteiger partial charge in [-0.2, -0.15) is 5.10 Å². The molecule has 2 heterocycles. The number of unbranched alkanes of at least 4 members (excludes halogenated alkanes) is 2. The average molecular weight is 407 g/mol. The molecule has 158 valence electrons. The largest absolute Gasteiger partial charge is 0.478 e. The van der Waals surface area contributed by atoms with E-state index in [0.29, 0.717) is 12.1 Å². The van der Waals surface area contributed by atoms with E-state index in [1.807, 2.05) is 28.9 Å². The Kier molecular flexibility index (Phi) is 6.65. The molecule has 0 saturated heterocycles. The fourth-order valence-electron chi connectivity index (χ4n) is 3.32. The number of nitrogens with zero attached hydrogens (tertiary/aromatic N) is 4. The monoisotopic (exact) mass is 406 g/mol. The molecule has 0 unspecified atom stereocenters. The van der Waals surface area contributed by atoms with E-state index in [9.17, 15) is 9.90 Å². The first-order chi connectivity index (χ1) is 14.3. The van der Waals surface area contributed by atoms with E-state index in [-0.39, 0.29) is 11.0 Å². The third-order valence-electron chi connectivity index (χ3n) is 5.07. The molecule has 3 aromatic rings. The second kappa shape index (κ2) is 9.20. The number of hydrogen-bond acceptors (Lipinski definition) is 4. The fraction of sp³-hybridized carbons (Fsp3) is 0.417. The summed E-state index contributed by atoms with van der Waals surface area (Å²) in [5.74, 6) is 0.921. The van der Waals surface area contributed by atoms with Crippen molar-refractivity contribution >= 4 is 5.97 Å². The summed E-state index contributed by atoms with van der Waals surface area (Å²) in [4.78, 5) is 20.2. The molecule has 1 N–H and O–H groups in total. The van der Waals surface area contributed by atoms with Crippen molar-refractivity contribution in [2.75, 3.05) is 0 Å². The number of benzene rings is 1. The Morgan fingerprint density at radius 2 is 1.83 bits per heavy atom. The van der Waals surface area contributed by atoms with Crippen LogP contribution < -0.4 is 0 Å². The van der Waals surface area contributed by atoms with Gasteiger partial charge in [0.2, 0.25) is 0 Å². The Hall–Kier alpha value is -3.02. The quantitative estimate of drug-likeness (QED) is 0.525. The summed E-state index contributed by atoms with van der Waals surface area (Å²) in [6, 6.07) is 9.69. The molecule has 0 radical (unpaired) electrons. The molecule has 0 aliphatic rings. The van der Waals surface area contributed by atoms with Crippen molar-refractivity contribution in [1.29, 1.82) is 0 Å². The lowest BCUT2D eigenvalue weighted by atomic mass is 9.96. The lowest BCUT2D eigenvalue weighted by molar-refractivity contribution is 0.0697. The predicted octanol–water partition coefficient (Wildman–Crippen LogP) is 5.12. The predicted molar refractivity (Wildman–Crippen MR) is 118 cm³/mol. The molecule has 6 heteroatoms. The van der Waals surface area contributed by atoms with E-state index < -0.39 is 5.97 Å². The van der Waals surface area contributed by atoms with Crippen LogP contribution in [0.25, 0.3) is 11.1 Å². The molecule has 0 spiro atoms. The molecular formula is C24H30N4O2. The highest BCUT2D eigenvalue weighted by Crippen LogP contribution is 2.24. The maximum absolute atomic E-state index is 11.5. The molecule has 2 aromatic heterocycles. The first-order valence-electron chi connectivity index (χ1n) is 10.5. The number of aromatic nitrogens is 4. The fourth-order valence-corrected chi connectivity index (χ4v) is 3.32. The van der Waals surface area contributed by atoms with Crippen molar-refractivity contribution < 1.29 is 9.90 Å². The zero-order valence-corrected chi connectivity index (χ0v) is 18.2. The second-order valence-corrected chi connectivity index (χ2v) is 8.64. The van der Waals surface area contributed by atoms with Crippen molar-refractivity contribution in [1.82, 2.24) is 19.7 Å². The van der Waals surface area contributed by atoms with E-state index in [2.05, 4.69) is 32.7 Å². The van der Waals surface area contributed by atoms with Gasteiger partial charge in [-0.3, -0.25) is 4.98 Å². The lowest BCUT2D eigenvalue weighted by Gasteiger charge is -2.12. The van der Waals surface area contributed by atoms with Crippen LogP contribution in [0.1, 0.15) is 74.5 Å². The van der Waals surface area contributed by atoms with Crippen LogP contribution in [-0.2, 0) is 18.4 Å². The van der Waals surface area contributed by atoms with E-state index in [1.165, 1.54) is 19.0 Å². The van der Waals surface area contributed by atoms with Gasteiger partial charge in [0.1, 0.15) is 5.82 Å². The molecule has 0 aliphatic carbocycles. The number of aromatic carboxylic acids is 1. The van der Waals surface area contributed by atoms with Gasteiger partial charge >= 0.3 is 5.97 Å². The van der Waals surface area contributed by atoms with Crippen molar-refractivity contribution in [3.63, 3.8) is 0 Å². The number of carboxylic acids is 1. The van der Waals surface area contributed by atoms with Crippen LogP contribution in [0.3, 0.4) is 0 Å². The summed E-state index contributed by atoms with van der Waals surface area (Å²) < 4.78 is 2.01. The minimum atomic E-state index is -0.976. The standard InChI is InChI=1S/C24H30N4O2/c1-5-6-7-8-21-26-23(24(2,3)4)27-28(21)16-17-9-11-18(12-10-17)19-13-14-25-15-20(19)22(29)30/h9-15H,5-8,16H2,1-4H3,(H,29,30). The lowest BCUT2D eigenvalue weighted by Crippen LogP contribution is -2.14. The van der Waals surface area contributed by atoms with Gasteiger partial charge in [0, 0.05) is 24.2 Å². The van der Waals surface area contributed by atoms with Crippen LogP contribution in [0.2, 0.25) is 0 Å². The van der Waals surface area contributed by atoms with Gasteiger partial charge in [0.15, 0.2) is 5.82 Å². The number of aryl methyl sites for hydroxylation is 1. The second-order valence-electron chi connectivity index (χ2n) is 8.64. The van der Waals surface area contributed by atoms with E-state index in [0.717, 1.165) is 35.6 Å². The highest BCUT2D eigenvalue weighted by molar-refractivity contribution is 5.95. The molecular weight excluding hydrogens is 376 g/mol. The smallest absolute Gasteiger partial charge is 0.337 e. The third kappa shape index (κ3) is 5.12.